The van der Waals surface area contributed by atoms with Gasteiger partial charge in [0.15, 0.2) is 0 Å². The SMILES string of the molecule is C[C@H](NCCN[C@@H](C)c1ccccn1)c1ccccn1. The molecule has 0 unspecified atom stereocenters. The Labute approximate surface area is 120 Å². The number of nitrogens with one attached hydrogen (secondary N) is 2. The summed E-state index contributed by atoms with van der Waals surface area (Å²) in [6.07, 6.45) is 3.66. The first kappa shape index (κ1) is 14.6. The van der Waals surface area contributed by atoms with Crippen LogP contribution in [0.15, 0.2) is 48.8 Å². The third-order valence-corrected chi connectivity index (χ3v) is 3.29. The van der Waals surface area contributed by atoms with Gasteiger partial charge in [-0.05, 0) is 38.1 Å². The van der Waals surface area contributed by atoms with Gasteiger partial charge in [0.05, 0.1) is 11.4 Å². The van der Waals surface area contributed by atoms with Crippen LogP contribution in [0.1, 0.15) is 37.3 Å². The highest BCUT2D eigenvalue weighted by Gasteiger charge is 2.07. The van der Waals surface area contributed by atoms with Crippen molar-refractivity contribution in [2.75, 3.05) is 13.1 Å². The summed E-state index contributed by atoms with van der Waals surface area (Å²) in [7, 11) is 0. The maximum atomic E-state index is 4.35. The van der Waals surface area contributed by atoms with E-state index in [1.165, 1.54) is 0 Å². The number of rotatable bonds is 7. The molecule has 0 spiro atoms. The highest BCUT2D eigenvalue weighted by atomic mass is 15.0. The first-order valence-electron chi connectivity index (χ1n) is 7.06. The van der Waals surface area contributed by atoms with E-state index >= 15 is 0 Å². The Bertz CT molecular complexity index is 439. The Balaban J connectivity index is 1.69. The predicted octanol–water partition coefficient (Wildman–Crippen LogP) is 2.48. The summed E-state index contributed by atoms with van der Waals surface area (Å²) in [4.78, 5) is 8.69. The van der Waals surface area contributed by atoms with Crippen LogP contribution in [0, 0.1) is 0 Å². The Morgan fingerprint density at radius 2 is 1.25 bits per heavy atom. The van der Waals surface area contributed by atoms with Gasteiger partial charge in [-0.3, -0.25) is 9.97 Å². The second kappa shape index (κ2) is 7.72. The maximum Gasteiger partial charge on any atom is 0.0570 e. The minimum absolute atomic E-state index is 0.267. The zero-order chi connectivity index (χ0) is 14.2. The molecule has 2 aromatic rings. The maximum absolute atomic E-state index is 4.35. The van der Waals surface area contributed by atoms with E-state index in [4.69, 9.17) is 0 Å². The van der Waals surface area contributed by atoms with Crippen LogP contribution in [0.25, 0.3) is 0 Å². The van der Waals surface area contributed by atoms with Gasteiger partial charge in [-0.1, -0.05) is 12.1 Å². The Hall–Kier alpha value is -1.78. The van der Waals surface area contributed by atoms with Crippen LogP contribution in [-0.2, 0) is 0 Å². The zero-order valence-electron chi connectivity index (χ0n) is 12.1. The van der Waals surface area contributed by atoms with Crippen molar-refractivity contribution < 1.29 is 0 Å². The van der Waals surface area contributed by atoms with E-state index in [1.54, 1.807) is 0 Å². The first-order chi connectivity index (χ1) is 9.77. The fourth-order valence-electron chi connectivity index (χ4n) is 2.05. The lowest BCUT2D eigenvalue weighted by atomic mass is 10.2. The van der Waals surface area contributed by atoms with Crippen molar-refractivity contribution >= 4 is 0 Å². The molecule has 2 heterocycles. The van der Waals surface area contributed by atoms with Crippen LogP contribution in [-0.4, -0.2) is 23.1 Å². The van der Waals surface area contributed by atoms with Crippen molar-refractivity contribution in [3.63, 3.8) is 0 Å². The lowest BCUT2D eigenvalue weighted by Gasteiger charge is -2.16. The van der Waals surface area contributed by atoms with E-state index in [0.29, 0.717) is 0 Å². The van der Waals surface area contributed by atoms with Gasteiger partial charge < -0.3 is 10.6 Å². The van der Waals surface area contributed by atoms with E-state index in [0.717, 1.165) is 24.5 Å². The molecule has 2 rings (SSSR count). The average Bonchev–Trinajstić information content (AvgIpc) is 2.53. The molecule has 2 aromatic heterocycles. The molecule has 0 aliphatic heterocycles. The highest BCUT2D eigenvalue weighted by molar-refractivity contribution is 5.08. The van der Waals surface area contributed by atoms with Crippen LogP contribution in [0.2, 0.25) is 0 Å². The Morgan fingerprint density at radius 3 is 1.60 bits per heavy atom. The van der Waals surface area contributed by atoms with Gasteiger partial charge in [-0.2, -0.15) is 0 Å². The van der Waals surface area contributed by atoms with E-state index in [9.17, 15) is 0 Å². The summed E-state index contributed by atoms with van der Waals surface area (Å²) in [6, 6.07) is 12.5. The normalized spacial score (nSPS) is 13.9. The molecule has 106 valence electrons. The molecule has 2 N–H and O–H groups in total. The fraction of sp³-hybridized carbons (Fsp3) is 0.375. The van der Waals surface area contributed by atoms with E-state index in [-0.39, 0.29) is 12.1 Å². The minimum atomic E-state index is 0.267. The molecule has 20 heavy (non-hydrogen) atoms. The van der Waals surface area contributed by atoms with Gasteiger partial charge in [0.1, 0.15) is 0 Å². The van der Waals surface area contributed by atoms with Crippen LogP contribution in [0.5, 0.6) is 0 Å². The quantitative estimate of drug-likeness (QED) is 0.759. The third-order valence-electron chi connectivity index (χ3n) is 3.29. The van der Waals surface area contributed by atoms with Crippen molar-refractivity contribution in [2.45, 2.75) is 25.9 Å². The van der Waals surface area contributed by atoms with E-state index in [2.05, 4.69) is 34.4 Å². The molecule has 0 aliphatic carbocycles. The zero-order valence-corrected chi connectivity index (χ0v) is 12.1. The van der Waals surface area contributed by atoms with Gasteiger partial charge in [0.2, 0.25) is 0 Å². The second-order valence-electron chi connectivity index (χ2n) is 4.86. The van der Waals surface area contributed by atoms with Gasteiger partial charge >= 0.3 is 0 Å². The highest BCUT2D eigenvalue weighted by Crippen LogP contribution is 2.08. The van der Waals surface area contributed by atoms with Gasteiger partial charge in [-0.25, -0.2) is 0 Å². The number of hydrogen-bond donors (Lipinski definition) is 2. The smallest absolute Gasteiger partial charge is 0.0570 e. The standard InChI is InChI=1S/C16H22N4/c1-13(15-7-3-5-9-19-15)17-11-12-18-14(2)16-8-4-6-10-20-16/h3-10,13-14,17-18H,11-12H2,1-2H3/t13-,14-/m0/s1. The summed E-state index contributed by atoms with van der Waals surface area (Å²) in [6.45, 7) is 6.05. The van der Waals surface area contributed by atoms with Gasteiger partial charge in [0.25, 0.3) is 0 Å². The largest absolute Gasteiger partial charge is 0.308 e. The van der Waals surface area contributed by atoms with Crippen molar-refractivity contribution in [1.82, 2.24) is 20.6 Å². The summed E-state index contributed by atoms with van der Waals surface area (Å²) < 4.78 is 0. The fourth-order valence-corrected chi connectivity index (χ4v) is 2.05. The minimum Gasteiger partial charge on any atom is -0.308 e. The number of hydrogen-bond acceptors (Lipinski definition) is 4. The Kier molecular flexibility index (Phi) is 5.65. The monoisotopic (exact) mass is 270 g/mol. The molecule has 0 fully saturated rings. The van der Waals surface area contributed by atoms with Crippen molar-refractivity contribution in [3.8, 4) is 0 Å². The lowest BCUT2D eigenvalue weighted by Crippen LogP contribution is -2.31. The second-order valence-corrected chi connectivity index (χ2v) is 4.86. The van der Waals surface area contributed by atoms with Crippen LogP contribution in [0.4, 0.5) is 0 Å². The first-order valence-corrected chi connectivity index (χ1v) is 7.06. The molecule has 0 saturated carbocycles. The lowest BCUT2D eigenvalue weighted by molar-refractivity contribution is 0.501. The molecule has 0 aliphatic rings. The van der Waals surface area contributed by atoms with Gasteiger partial charge in [-0.15, -0.1) is 0 Å². The molecule has 4 heteroatoms. The number of aromatic nitrogens is 2. The van der Waals surface area contributed by atoms with Crippen molar-refractivity contribution in [1.29, 1.82) is 0 Å². The molecule has 0 aromatic carbocycles. The molecule has 4 nitrogen and oxygen atoms in total. The molecular weight excluding hydrogens is 248 g/mol. The molecule has 0 bridgehead atoms. The summed E-state index contributed by atoms with van der Waals surface area (Å²) >= 11 is 0. The number of nitrogens with zero attached hydrogens (tertiary/aromatic N) is 2. The number of pyridine rings is 2. The summed E-state index contributed by atoms with van der Waals surface area (Å²) in [5, 5.41) is 6.92. The summed E-state index contributed by atoms with van der Waals surface area (Å²) in [5.74, 6) is 0. The van der Waals surface area contributed by atoms with Crippen LogP contribution < -0.4 is 10.6 Å². The van der Waals surface area contributed by atoms with Crippen LogP contribution in [0.3, 0.4) is 0 Å². The molecule has 0 radical (unpaired) electrons. The van der Waals surface area contributed by atoms with Crippen molar-refractivity contribution in [2.24, 2.45) is 0 Å². The van der Waals surface area contributed by atoms with Crippen LogP contribution >= 0.6 is 0 Å². The van der Waals surface area contributed by atoms with E-state index < -0.39 is 0 Å². The third kappa shape index (κ3) is 4.40. The predicted molar refractivity (Wildman–Crippen MR) is 81.3 cm³/mol. The molecular formula is C16H22N4. The molecule has 0 amide bonds. The molecule has 2 atom stereocenters. The topological polar surface area (TPSA) is 49.8 Å². The average molecular weight is 270 g/mol. The molecule has 0 saturated heterocycles. The Morgan fingerprint density at radius 1 is 0.800 bits per heavy atom. The van der Waals surface area contributed by atoms with Gasteiger partial charge in [0, 0.05) is 37.6 Å². The van der Waals surface area contributed by atoms with Crippen molar-refractivity contribution in [3.05, 3.63) is 60.2 Å². The summed E-state index contributed by atoms with van der Waals surface area (Å²) in [5.41, 5.74) is 2.15. The van der Waals surface area contributed by atoms with E-state index in [1.807, 2.05) is 48.8 Å².